The first kappa shape index (κ1) is 22.9. The molecule has 2 aromatic rings. The maximum absolute atomic E-state index is 12.5. The van der Waals surface area contributed by atoms with E-state index in [0.717, 1.165) is 11.3 Å². The smallest absolute Gasteiger partial charge is 0.285 e. The Hall–Kier alpha value is -2.23. The van der Waals surface area contributed by atoms with E-state index in [9.17, 15) is 13.2 Å². The van der Waals surface area contributed by atoms with Gasteiger partial charge in [0.25, 0.3) is 5.91 Å². The first-order valence-electron chi connectivity index (χ1n) is 10.1. The molecule has 0 bridgehead atoms. The molecule has 2 atom stereocenters. The lowest BCUT2D eigenvalue weighted by atomic mass is 10.1. The predicted octanol–water partition coefficient (Wildman–Crippen LogP) is 3.07. The minimum absolute atomic E-state index is 0.0851. The molecule has 7 nitrogen and oxygen atoms in total. The monoisotopic (exact) mass is 494 g/mol. The van der Waals surface area contributed by atoms with Crippen LogP contribution in [0.15, 0.2) is 53.5 Å². The SMILES string of the molecule is COc1ccc(CCN2C(=NC(=O)COc3ccc(Cl)cc3)SC3CS(=O)(=O)CC32)cc1. The summed E-state index contributed by atoms with van der Waals surface area (Å²) in [7, 11) is -1.47. The van der Waals surface area contributed by atoms with Crippen LogP contribution in [-0.4, -0.2) is 67.5 Å². The van der Waals surface area contributed by atoms with Crippen molar-refractivity contribution < 1.29 is 22.7 Å². The van der Waals surface area contributed by atoms with Crippen LogP contribution >= 0.6 is 23.4 Å². The zero-order chi connectivity index (χ0) is 22.7. The molecule has 0 aliphatic carbocycles. The summed E-state index contributed by atoms with van der Waals surface area (Å²) in [5, 5.41) is 1.04. The van der Waals surface area contributed by atoms with Crippen molar-refractivity contribution in [2.45, 2.75) is 17.7 Å². The molecule has 2 heterocycles. The highest BCUT2D eigenvalue weighted by Gasteiger charge is 2.48. The maximum Gasteiger partial charge on any atom is 0.285 e. The number of amidine groups is 1. The summed E-state index contributed by atoms with van der Waals surface area (Å²) in [4.78, 5) is 18.7. The summed E-state index contributed by atoms with van der Waals surface area (Å²) >= 11 is 7.23. The Kier molecular flexibility index (Phi) is 6.97. The molecule has 0 saturated carbocycles. The Bertz CT molecular complexity index is 1100. The van der Waals surface area contributed by atoms with Crippen molar-refractivity contribution in [1.29, 1.82) is 0 Å². The van der Waals surface area contributed by atoms with Crippen molar-refractivity contribution in [1.82, 2.24) is 4.90 Å². The third-order valence-corrected chi connectivity index (χ3v) is 8.87. The first-order chi connectivity index (χ1) is 15.3. The number of nitrogens with zero attached hydrogens (tertiary/aromatic N) is 2. The molecule has 0 spiro atoms. The molecule has 32 heavy (non-hydrogen) atoms. The van der Waals surface area contributed by atoms with Crippen LogP contribution in [0, 0.1) is 0 Å². The van der Waals surface area contributed by atoms with Crippen molar-refractivity contribution in [3.63, 3.8) is 0 Å². The molecule has 10 heteroatoms. The van der Waals surface area contributed by atoms with E-state index in [0.29, 0.717) is 28.9 Å². The topological polar surface area (TPSA) is 85.3 Å². The second kappa shape index (κ2) is 9.72. The van der Waals surface area contributed by atoms with Gasteiger partial charge in [0.15, 0.2) is 21.6 Å². The van der Waals surface area contributed by atoms with Crippen LogP contribution in [0.2, 0.25) is 5.02 Å². The molecule has 2 aliphatic heterocycles. The van der Waals surface area contributed by atoms with E-state index in [1.54, 1.807) is 31.4 Å². The lowest BCUT2D eigenvalue weighted by Gasteiger charge is -2.24. The number of halogens is 1. The Morgan fingerprint density at radius 1 is 1.12 bits per heavy atom. The largest absolute Gasteiger partial charge is 0.497 e. The van der Waals surface area contributed by atoms with E-state index >= 15 is 0 Å². The summed E-state index contributed by atoms with van der Waals surface area (Å²) in [6.45, 7) is 0.367. The summed E-state index contributed by atoms with van der Waals surface area (Å²) in [5.74, 6) is 1.08. The van der Waals surface area contributed by atoms with Gasteiger partial charge >= 0.3 is 0 Å². The molecule has 4 rings (SSSR count). The molecular formula is C22H23ClN2O5S2. The van der Waals surface area contributed by atoms with E-state index in [-0.39, 0.29) is 29.4 Å². The van der Waals surface area contributed by atoms with E-state index in [4.69, 9.17) is 21.1 Å². The summed E-state index contributed by atoms with van der Waals surface area (Å²) < 4.78 is 35.0. The molecule has 170 valence electrons. The third-order valence-electron chi connectivity index (χ3n) is 5.37. The lowest BCUT2D eigenvalue weighted by molar-refractivity contribution is -0.119. The minimum Gasteiger partial charge on any atom is -0.497 e. The number of aliphatic imine (C=N–C) groups is 1. The van der Waals surface area contributed by atoms with Gasteiger partial charge in [-0.3, -0.25) is 4.79 Å². The average molecular weight is 495 g/mol. The van der Waals surface area contributed by atoms with Gasteiger partial charge in [0.2, 0.25) is 0 Å². The molecule has 2 unspecified atom stereocenters. The number of rotatable bonds is 7. The number of fused-ring (bicyclic) bond motifs is 1. The molecular weight excluding hydrogens is 472 g/mol. The number of benzene rings is 2. The fourth-order valence-corrected chi connectivity index (χ4v) is 7.87. The van der Waals surface area contributed by atoms with Gasteiger partial charge in [-0.25, -0.2) is 8.42 Å². The maximum atomic E-state index is 12.5. The van der Waals surface area contributed by atoms with Gasteiger partial charge < -0.3 is 14.4 Å². The average Bonchev–Trinajstić information content (AvgIpc) is 3.23. The van der Waals surface area contributed by atoms with Gasteiger partial charge in [0.1, 0.15) is 11.5 Å². The number of carbonyl (C=O) groups is 1. The van der Waals surface area contributed by atoms with Crippen molar-refractivity contribution in [2.75, 3.05) is 31.8 Å². The summed E-state index contributed by atoms with van der Waals surface area (Å²) in [5.41, 5.74) is 1.09. The third kappa shape index (κ3) is 5.57. The Morgan fingerprint density at radius 3 is 2.50 bits per heavy atom. The van der Waals surface area contributed by atoms with Crippen LogP contribution in [0.3, 0.4) is 0 Å². The Labute approximate surface area is 196 Å². The van der Waals surface area contributed by atoms with Crippen molar-refractivity contribution >= 4 is 44.3 Å². The van der Waals surface area contributed by atoms with Crippen LogP contribution in [0.4, 0.5) is 0 Å². The number of ether oxygens (including phenoxy) is 2. The molecule has 0 radical (unpaired) electrons. The zero-order valence-electron chi connectivity index (χ0n) is 17.4. The molecule has 1 amide bonds. The van der Waals surface area contributed by atoms with Crippen LogP contribution in [0.5, 0.6) is 11.5 Å². The summed E-state index contributed by atoms with van der Waals surface area (Å²) in [6.07, 6.45) is 0.697. The molecule has 0 aromatic heterocycles. The normalized spacial score (nSPS) is 22.7. The molecule has 2 aromatic carbocycles. The number of hydrogen-bond donors (Lipinski definition) is 0. The molecule has 2 aliphatic rings. The standard InChI is InChI=1S/C22H23ClN2O5S2/c1-29-17-6-2-15(3-7-17)10-11-25-19-13-32(27,28)14-20(19)31-22(25)24-21(26)12-30-18-8-4-16(23)5-9-18/h2-9,19-20H,10-14H2,1H3. The fourth-order valence-electron chi connectivity index (χ4n) is 3.75. The number of methoxy groups -OCH3 is 1. The van der Waals surface area contributed by atoms with Crippen molar-refractivity contribution in [3.8, 4) is 11.5 Å². The fraction of sp³-hybridized carbons (Fsp3) is 0.364. The number of thioether (sulfide) groups is 1. The number of hydrogen-bond acceptors (Lipinski definition) is 6. The van der Waals surface area contributed by atoms with Gasteiger partial charge in [-0.15, -0.1) is 0 Å². The second-order valence-corrected chi connectivity index (χ2v) is 11.4. The van der Waals surface area contributed by atoms with E-state index in [1.165, 1.54) is 11.8 Å². The van der Waals surface area contributed by atoms with E-state index in [1.807, 2.05) is 29.2 Å². The molecule has 0 N–H and O–H groups in total. The van der Waals surface area contributed by atoms with Crippen LogP contribution in [0.25, 0.3) is 0 Å². The van der Waals surface area contributed by atoms with Crippen molar-refractivity contribution in [3.05, 3.63) is 59.1 Å². The van der Waals surface area contributed by atoms with Crippen molar-refractivity contribution in [2.24, 2.45) is 4.99 Å². The van der Waals surface area contributed by atoms with Crippen LogP contribution < -0.4 is 9.47 Å². The minimum atomic E-state index is -3.09. The molecule has 2 fully saturated rings. The highest BCUT2D eigenvalue weighted by Crippen LogP contribution is 2.38. The Morgan fingerprint density at radius 2 is 1.81 bits per heavy atom. The number of carbonyl (C=O) groups excluding carboxylic acids is 1. The first-order valence-corrected chi connectivity index (χ1v) is 13.2. The number of amides is 1. The quantitative estimate of drug-likeness (QED) is 0.584. The van der Waals surface area contributed by atoms with E-state index < -0.39 is 15.7 Å². The van der Waals surface area contributed by atoms with Gasteiger partial charge in [0, 0.05) is 16.8 Å². The highest BCUT2D eigenvalue weighted by molar-refractivity contribution is 8.15. The Balaban J connectivity index is 1.44. The van der Waals surface area contributed by atoms with Crippen LogP contribution in [-0.2, 0) is 21.1 Å². The van der Waals surface area contributed by atoms with Gasteiger partial charge in [-0.05, 0) is 48.4 Å². The van der Waals surface area contributed by atoms with Crippen LogP contribution in [0.1, 0.15) is 5.56 Å². The number of sulfone groups is 1. The van der Waals surface area contributed by atoms with E-state index in [2.05, 4.69) is 4.99 Å². The predicted molar refractivity (Wildman–Crippen MR) is 127 cm³/mol. The molecule has 2 saturated heterocycles. The highest BCUT2D eigenvalue weighted by atomic mass is 35.5. The van der Waals surface area contributed by atoms with Gasteiger partial charge in [-0.2, -0.15) is 4.99 Å². The van der Waals surface area contributed by atoms with Gasteiger partial charge in [0.05, 0.1) is 24.7 Å². The van der Waals surface area contributed by atoms with Gasteiger partial charge in [-0.1, -0.05) is 35.5 Å². The zero-order valence-corrected chi connectivity index (χ0v) is 19.8. The lowest BCUT2D eigenvalue weighted by Crippen LogP contribution is -2.39. The second-order valence-electron chi connectivity index (χ2n) is 7.62. The summed E-state index contributed by atoms with van der Waals surface area (Å²) in [6, 6.07) is 14.3.